The van der Waals surface area contributed by atoms with Gasteiger partial charge in [0.15, 0.2) is 0 Å². The largest absolute Gasteiger partial charge is 0.416 e. The van der Waals surface area contributed by atoms with Crippen LogP contribution in [-0.2, 0) is 16.2 Å². The van der Waals surface area contributed by atoms with Crippen molar-refractivity contribution in [2.75, 3.05) is 10.6 Å². The number of halogens is 4. The van der Waals surface area contributed by atoms with Crippen molar-refractivity contribution in [1.29, 1.82) is 0 Å². The van der Waals surface area contributed by atoms with Crippen molar-refractivity contribution in [3.8, 4) is 0 Å². The van der Waals surface area contributed by atoms with E-state index < -0.39 is 38.5 Å². The molecule has 0 aliphatic rings. The molecule has 0 radical (unpaired) electrons. The molecule has 1 amide bonds. The standard InChI is InChI=1S/C15H18ClF3N2O3S/c1-9(2)25(23,24)21-13-5-4-11(15(17,18)19)8-12(13)14(22)20-10(3)6-7-16/h4-5,8-9,21H,3,6-7H2,1-2H3,(H,20,22). The Bertz CT molecular complexity index is 762. The topological polar surface area (TPSA) is 75.3 Å². The number of benzene rings is 1. The summed E-state index contributed by atoms with van der Waals surface area (Å²) >= 11 is 5.51. The van der Waals surface area contributed by atoms with Crippen molar-refractivity contribution in [1.82, 2.24) is 5.32 Å². The van der Waals surface area contributed by atoms with Gasteiger partial charge in [-0.25, -0.2) is 8.42 Å². The molecule has 0 saturated heterocycles. The number of hydrogen-bond acceptors (Lipinski definition) is 3. The molecule has 2 N–H and O–H groups in total. The minimum atomic E-state index is -4.68. The number of carbonyl (C=O) groups is 1. The van der Waals surface area contributed by atoms with E-state index >= 15 is 0 Å². The fraction of sp³-hybridized carbons (Fsp3) is 0.400. The molecule has 1 aromatic carbocycles. The number of rotatable bonds is 7. The summed E-state index contributed by atoms with van der Waals surface area (Å²) in [7, 11) is -3.85. The molecule has 0 bridgehead atoms. The lowest BCUT2D eigenvalue weighted by Gasteiger charge is -2.17. The summed E-state index contributed by atoms with van der Waals surface area (Å²) in [5.41, 5.74) is -1.59. The SMILES string of the molecule is C=C(CCCl)NC(=O)c1cc(C(F)(F)F)ccc1NS(=O)(=O)C(C)C. The Labute approximate surface area is 149 Å². The van der Waals surface area contributed by atoms with Crippen LogP contribution in [0.4, 0.5) is 18.9 Å². The van der Waals surface area contributed by atoms with E-state index in [0.29, 0.717) is 12.1 Å². The van der Waals surface area contributed by atoms with Crippen molar-refractivity contribution in [3.05, 3.63) is 41.6 Å². The van der Waals surface area contributed by atoms with Crippen LogP contribution in [0.25, 0.3) is 0 Å². The van der Waals surface area contributed by atoms with Gasteiger partial charge >= 0.3 is 6.18 Å². The molecule has 0 aromatic heterocycles. The molecule has 1 aromatic rings. The van der Waals surface area contributed by atoms with Crippen LogP contribution >= 0.6 is 11.6 Å². The van der Waals surface area contributed by atoms with Gasteiger partial charge in [0, 0.05) is 18.0 Å². The normalized spacial score (nSPS) is 12.1. The van der Waals surface area contributed by atoms with E-state index in [2.05, 4.69) is 16.6 Å². The van der Waals surface area contributed by atoms with E-state index in [-0.39, 0.29) is 23.7 Å². The van der Waals surface area contributed by atoms with Crippen LogP contribution < -0.4 is 10.0 Å². The van der Waals surface area contributed by atoms with E-state index in [1.54, 1.807) is 0 Å². The first-order chi connectivity index (χ1) is 11.4. The highest BCUT2D eigenvalue weighted by atomic mass is 35.5. The zero-order chi connectivity index (χ0) is 19.4. The second kappa shape index (κ2) is 8.09. The minimum Gasteiger partial charge on any atom is -0.326 e. The first kappa shape index (κ1) is 21.3. The van der Waals surface area contributed by atoms with Gasteiger partial charge < -0.3 is 5.32 Å². The molecule has 0 heterocycles. The number of amides is 1. The van der Waals surface area contributed by atoms with Crippen molar-refractivity contribution in [2.45, 2.75) is 31.7 Å². The highest BCUT2D eigenvalue weighted by Gasteiger charge is 2.32. The average molecular weight is 399 g/mol. The van der Waals surface area contributed by atoms with Gasteiger partial charge in [-0.3, -0.25) is 9.52 Å². The summed E-state index contributed by atoms with van der Waals surface area (Å²) < 4.78 is 64.8. The molecule has 25 heavy (non-hydrogen) atoms. The smallest absolute Gasteiger partial charge is 0.326 e. The molecule has 1 rings (SSSR count). The molecule has 0 atom stereocenters. The molecule has 10 heteroatoms. The molecule has 0 unspecified atom stereocenters. The fourth-order valence-electron chi connectivity index (χ4n) is 1.67. The molecule has 0 aliphatic carbocycles. The summed E-state index contributed by atoms with van der Waals surface area (Å²) in [5.74, 6) is -0.753. The number of anilines is 1. The lowest BCUT2D eigenvalue weighted by Crippen LogP contribution is -2.27. The maximum absolute atomic E-state index is 12.9. The second-order valence-electron chi connectivity index (χ2n) is 5.45. The van der Waals surface area contributed by atoms with Gasteiger partial charge in [-0.2, -0.15) is 13.2 Å². The number of hydrogen-bond donors (Lipinski definition) is 2. The van der Waals surface area contributed by atoms with Crippen LogP contribution in [0.15, 0.2) is 30.5 Å². The average Bonchev–Trinajstić information content (AvgIpc) is 2.45. The summed E-state index contributed by atoms with van der Waals surface area (Å²) in [6.45, 7) is 6.33. The Morgan fingerprint density at radius 2 is 1.92 bits per heavy atom. The predicted octanol–water partition coefficient (Wildman–Crippen LogP) is 3.73. The van der Waals surface area contributed by atoms with Gasteiger partial charge in [0.2, 0.25) is 10.0 Å². The number of allylic oxidation sites excluding steroid dienone is 1. The van der Waals surface area contributed by atoms with Crippen LogP contribution in [0.1, 0.15) is 36.2 Å². The van der Waals surface area contributed by atoms with E-state index in [1.165, 1.54) is 13.8 Å². The van der Waals surface area contributed by atoms with Gasteiger partial charge in [-0.1, -0.05) is 6.58 Å². The van der Waals surface area contributed by atoms with Crippen LogP contribution in [0, 0.1) is 0 Å². The van der Waals surface area contributed by atoms with E-state index in [9.17, 15) is 26.4 Å². The zero-order valence-corrected chi connectivity index (χ0v) is 15.1. The molecule has 0 aliphatic heterocycles. The van der Waals surface area contributed by atoms with Crippen LogP contribution in [0.3, 0.4) is 0 Å². The highest BCUT2D eigenvalue weighted by molar-refractivity contribution is 7.93. The van der Waals surface area contributed by atoms with Crippen molar-refractivity contribution in [3.63, 3.8) is 0 Å². The molecule has 0 fully saturated rings. The van der Waals surface area contributed by atoms with Crippen LogP contribution in [0.2, 0.25) is 0 Å². The first-order valence-corrected chi connectivity index (χ1v) is 9.24. The molecule has 140 valence electrons. The summed E-state index contributed by atoms with van der Waals surface area (Å²) in [6, 6.07) is 2.19. The monoisotopic (exact) mass is 398 g/mol. The maximum Gasteiger partial charge on any atom is 0.416 e. The Morgan fingerprint density at radius 3 is 2.40 bits per heavy atom. The first-order valence-electron chi connectivity index (χ1n) is 7.16. The Kier molecular flexibility index (Phi) is 6.90. The number of nitrogens with one attached hydrogen (secondary N) is 2. The fourth-order valence-corrected chi connectivity index (χ4v) is 2.62. The second-order valence-corrected chi connectivity index (χ2v) is 8.07. The Morgan fingerprint density at radius 1 is 1.32 bits per heavy atom. The van der Waals surface area contributed by atoms with E-state index in [1.807, 2.05) is 0 Å². The quantitative estimate of drug-likeness (QED) is 0.687. The minimum absolute atomic E-state index is 0.161. The number of sulfonamides is 1. The number of alkyl halides is 4. The number of carbonyl (C=O) groups excluding carboxylic acids is 1. The van der Waals surface area contributed by atoms with Crippen molar-refractivity contribution >= 4 is 33.2 Å². The van der Waals surface area contributed by atoms with Gasteiger partial charge in [0.25, 0.3) is 5.91 Å². The third-order valence-electron chi connectivity index (χ3n) is 3.15. The van der Waals surface area contributed by atoms with E-state index in [4.69, 9.17) is 11.6 Å². The molecular formula is C15H18ClF3N2O3S. The highest BCUT2D eigenvalue weighted by Crippen LogP contribution is 2.32. The maximum atomic E-state index is 12.9. The molecule has 0 saturated carbocycles. The lowest BCUT2D eigenvalue weighted by atomic mass is 10.1. The molecular weight excluding hydrogens is 381 g/mol. The Balaban J connectivity index is 3.33. The van der Waals surface area contributed by atoms with Gasteiger partial charge in [0.1, 0.15) is 0 Å². The summed E-state index contributed by atoms with van der Waals surface area (Å²) in [6.07, 6.45) is -4.46. The van der Waals surface area contributed by atoms with Gasteiger partial charge in [0.05, 0.1) is 22.1 Å². The third-order valence-corrected chi connectivity index (χ3v) is 5.09. The van der Waals surface area contributed by atoms with Crippen molar-refractivity contribution in [2.24, 2.45) is 0 Å². The zero-order valence-electron chi connectivity index (χ0n) is 13.6. The van der Waals surface area contributed by atoms with Gasteiger partial charge in [-0.05, 0) is 32.0 Å². The van der Waals surface area contributed by atoms with Gasteiger partial charge in [-0.15, -0.1) is 11.6 Å². The lowest BCUT2D eigenvalue weighted by molar-refractivity contribution is -0.137. The summed E-state index contributed by atoms with van der Waals surface area (Å²) in [5, 5.41) is 1.47. The van der Waals surface area contributed by atoms with Crippen LogP contribution in [0.5, 0.6) is 0 Å². The molecule has 0 spiro atoms. The third kappa shape index (κ3) is 5.93. The Hall–Kier alpha value is -1.74. The predicted molar refractivity (Wildman–Crippen MR) is 91.1 cm³/mol. The summed E-state index contributed by atoms with van der Waals surface area (Å²) in [4.78, 5) is 12.3. The van der Waals surface area contributed by atoms with E-state index in [0.717, 1.165) is 6.07 Å². The van der Waals surface area contributed by atoms with Crippen LogP contribution in [-0.4, -0.2) is 25.5 Å². The molecule has 5 nitrogen and oxygen atoms in total. The van der Waals surface area contributed by atoms with Crippen molar-refractivity contribution < 1.29 is 26.4 Å².